The van der Waals surface area contributed by atoms with Crippen molar-refractivity contribution in [2.45, 2.75) is 33.3 Å². The zero-order valence-corrected chi connectivity index (χ0v) is 14.7. The molecular formula is C21H22O4. The Morgan fingerprint density at radius 3 is 2.36 bits per heavy atom. The molecular weight excluding hydrogens is 316 g/mol. The molecule has 0 heterocycles. The van der Waals surface area contributed by atoms with Crippen molar-refractivity contribution >= 4 is 11.9 Å². The molecule has 25 heavy (non-hydrogen) atoms. The Bertz CT molecular complexity index is 773. The van der Waals surface area contributed by atoms with Gasteiger partial charge in [0.1, 0.15) is 12.4 Å². The van der Waals surface area contributed by atoms with Gasteiger partial charge >= 0.3 is 11.9 Å². The second kappa shape index (κ2) is 8.29. The fourth-order valence-corrected chi connectivity index (χ4v) is 2.11. The maximum Gasteiger partial charge on any atom is 0.338 e. The Morgan fingerprint density at radius 1 is 1.08 bits per heavy atom. The Morgan fingerprint density at radius 2 is 1.76 bits per heavy atom. The van der Waals surface area contributed by atoms with E-state index < -0.39 is 11.9 Å². The minimum Gasteiger partial charge on any atom is -0.457 e. The molecule has 4 heteroatoms. The summed E-state index contributed by atoms with van der Waals surface area (Å²) in [6, 6.07) is 14.3. The molecule has 0 aromatic heterocycles. The molecule has 0 aliphatic carbocycles. The zero-order valence-electron chi connectivity index (χ0n) is 14.7. The highest BCUT2D eigenvalue weighted by Gasteiger charge is 2.11. The lowest BCUT2D eigenvalue weighted by Gasteiger charge is -2.09. The van der Waals surface area contributed by atoms with Crippen molar-refractivity contribution in [2.75, 3.05) is 0 Å². The molecule has 0 N–H and O–H groups in total. The number of esters is 2. The summed E-state index contributed by atoms with van der Waals surface area (Å²) in [7, 11) is 0. The maximum atomic E-state index is 12.2. The van der Waals surface area contributed by atoms with Crippen LogP contribution >= 0.6 is 0 Å². The maximum absolute atomic E-state index is 12.2. The molecule has 0 amide bonds. The van der Waals surface area contributed by atoms with Crippen LogP contribution in [0.3, 0.4) is 0 Å². The molecule has 0 fully saturated rings. The van der Waals surface area contributed by atoms with Gasteiger partial charge in [-0.2, -0.15) is 0 Å². The number of carbonyl (C=O) groups is 2. The van der Waals surface area contributed by atoms with Crippen molar-refractivity contribution in [2.24, 2.45) is 0 Å². The molecule has 0 unspecified atom stereocenters. The molecule has 0 aliphatic heterocycles. The van der Waals surface area contributed by atoms with Gasteiger partial charge in [-0.15, -0.1) is 0 Å². The second-order valence-electron chi connectivity index (χ2n) is 6.17. The Balaban J connectivity index is 1.98. The van der Waals surface area contributed by atoms with Gasteiger partial charge in [-0.25, -0.2) is 9.59 Å². The van der Waals surface area contributed by atoms with E-state index in [4.69, 9.17) is 9.47 Å². The summed E-state index contributed by atoms with van der Waals surface area (Å²) < 4.78 is 10.4. The van der Waals surface area contributed by atoms with Gasteiger partial charge in [-0.3, -0.25) is 0 Å². The Kier molecular flexibility index (Phi) is 6.12. The summed E-state index contributed by atoms with van der Waals surface area (Å²) in [5.74, 6) is -0.262. The first-order valence-electron chi connectivity index (χ1n) is 8.10. The smallest absolute Gasteiger partial charge is 0.338 e. The van der Waals surface area contributed by atoms with Crippen molar-refractivity contribution in [3.8, 4) is 5.75 Å². The van der Waals surface area contributed by atoms with E-state index >= 15 is 0 Å². The highest BCUT2D eigenvalue weighted by molar-refractivity contribution is 5.91. The Hall–Kier alpha value is -2.88. The zero-order chi connectivity index (χ0) is 18.4. The molecule has 130 valence electrons. The number of carbonyl (C=O) groups excluding carboxylic acids is 2. The normalized spacial score (nSPS) is 10.4. The number of hydrogen-bond acceptors (Lipinski definition) is 4. The van der Waals surface area contributed by atoms with Crippen molar-refractivity contribution in [3.05, 3.63) is 77.4 Å². The quantitative estimate of drug-likeness (QED) is 0.437. The molecule has 0 spiro atoms. The van der Waals surface area contributed by atoms with Crippen molar-refractivity contribution in [1.29, 1.82) is 0 Å². The van der Waals surface area contributed by atoms with Crippen molar-refractivity contribution in [1.82, 2.24) is 0 Å². The molecule has 0 aliphatic rings. The third-order valence-electron chi connectivity index (χ3n) is 3.65. The molecule has 0 atom stereocenters. The van der Waals surface area contributed by atoms with E-state index in [0.717, 1.165) is 5.56 Å². The van der Waals surface area contributed by atoms with Crippen LogP contribution in [-0.2, 0) is 16.1 Å². The van der Waals surface area contributed by atoms with Crippen LogP contribution in [0.2, 0.25) is 0 Å². The van der Waals surface area contributed by atoms with Crippen LogP contribution in [0.25, 0.3) is 0 Å². The highest BCUT2D eigenvalue weighted by atomic mass is 16.5. The van der Waals surface area contributed by atoms with Gasteiger partial charge in [0.05, 0.1) is 5.56 Å². The molecule has 4 nitrogen and oxygen atoms in total. The van der Waals surface area contributed by atoms with Gasteiger partial charge in [-0.1, -0.05) is 50.8 Å². The number of benzene rings is 2. The minimum absolute atomic E-state index is 0.187. The van der Waals surface area contributed by atoms with Gasteiger partial charge in [0.15, 0.2) is 0 Å². The monoisotopic (exact) mass is 338 g/mol. The van der Waals surface area contributed by atoms with Crippen LogP contribution in [0, 0.1) is 0 Å². The molecule has 0 saturated carbocycles. The van der Waals surface area contributed by atoms with Gasteiger partial charge < -0.3 is 9.47 Å². The summed E-state index contributed by atoms with van der Waals surface area (Å²) >= 11 is 0. The number of hydrogen-bond donors (Lipinski definition) is 0. The van der Waals surface area contributed by atoms with Crippen LogP contribution in [0.1, 0.15) is 48.2 Å². The van der Waals surface area contributed by atoms with E-state index in [2.05, 4.69) is 20.4 Å². The first-order valence-corrected chi connectivity index (χ1v) is 8.10. The molecule has 2 rings (SSSR count). The molecule has 0 radical (unpaired) electrons. The standard InChI is InChI=1S/C21H22O4/c1-14(2)17-10-8-16(9-11-17)13-24-21(23)18-6-5-7-19(12-18)25-20(22)15(3)4/h5-12,14H,3,13H2,1-2,4H3. The lowest BCUT2D eigenvalue weighted by molar-refractivity contribution is -0.130. The predicted octanol–water partition coefficient (Wildman–Crippen LogP) is 4.65. The molecule has 2 aromatic rings. The number of ether oxygens (including phenoxy) is 2. The first kappa shape index (κ1) is 18.5. The largest absolute Gasteiger partial charge is 0.457 e. The van der Waals surface area contributed by atoms with Crippen molar-refractivity contribution < 1.29 is 19.1 Å². The van der Waals surface area contributed by atoms with Crippen LogP contribution < -0.4 is 4.74 Å². The summed E-state index contributed by atoms with van der Waals surface area (Å²) in [4.78, 5) is 23.7. The third-order valence-corrected chi connectivity index (χ3v) is 3.65. The summed E-state index contributed by atoms with van der Waals surface area (Å²) in [6.07, 6.45) is 0. The van der Waals surface area contributed by atoms with E-state index in [0.29, 0.717) is 11.5 Å². The Labute approximate surface area is 148 Å². The topological polar surface area (TPSA) is 52.6 Å². The van der Waals surface area contributed by atoms with Gasteiger partial charge in [0.25, 0.3) is 0 Å². The second-order valence-corrected chi connectivity index (χ2v) is 6.17. The van der Waals surface area contributed by atoms with Crippen molar-refractivity contribution in [3.63, 3.8) is 0 Å². The lowest BCUT2D eigenvalue weighted by Crippen LogP contribution is -2.09. The van der Waals surface area contributed by atoms with E-state index in [1.807, 2.05) is 24.3 Å². The van der Waals surface area contributed by atoms with E-state index in [9.17, 15) is 9.59 Å². The highest BCUT2D eigenvalue weighted by Crippen LogP contribution is 2.17. The average Bonchev–Trinajstić information content (AvgIpc) is 2.60. The van der Waals surface area contributed by atoms with Crippen LogP contribution in [-0.4, -0.2) is 11.9 Å². The summed E-state index contributed by atoms with van der Waals surface area (Å²) in [5, 5.41) is 0. The van der Waals surface area contributed by atoms with E-state index in [1.54, 1.807) is 25.1 Å². The third kappa shape index (κ3) is 5.31. The van der Waals surface area contributed by atoms with Crippen LogP contribution in [0.5, 0.6) is 5.75 Å². The van der Waals surface area contributed by atoms with E-state index in [-0.39, 0.29) is 17.9 Å². The molecule has 2 aromatic carbocycles. The summed E-state index contributed by atoms with van der Waals surface area (Å²) in [5.41, 5.74) is 2.77. The average molecular weight is 338 g/mol. The minimum atomic E-state index is -0.532. The molecule has 0 saturated heterocycles. The first-order chi connectivity index (χ1) is 11.9. The van der Waals surface area contributed by atoms with Gasteiger partial charge in [0.2, 0.25) is 0 Å². The van der Waals surface area contributed by atoms with E-state index in [1.165, 1.54) is 11.6 Å². The number of rotatable bonds is 6. The summed E-state index contributed by atoms with van der Waals surface area (Å²) in [6.45, 7) is 9.53. The van der Waals surface area contributed by atoms with Gasteiger partial charge in [-0.05, 0) is 42.2 Å². The fraction of sp³-hybridized carbons (Fsp3) is 0.238. The van der Waals surface area contributed by atoms with Crippen LogP contribution in [0.4, 0.5) is 0 Å². The SMILES string of the molecule is C=C(C)C(=O)Oc1cccc(C(=O)OCc2ccc(C(C)C)cc2)c1. The molecule has 0 bridgehead atoms. The lowest BCUT2D eigenvalue weighted by atomic mass is 10.0. The van der Waals surface area contributed by atoms with Gasteiger partial charge in [0, 0.05) is 5.57 Å². The predicted molar refractivity (Wildman–Crippen MR) is 96.5 cm³/mol. The van der Waals surface area contributed by atoms with Crippen LogP contribution in [0.15, 0.2) is 60.7 Å². The fourth-order valence-electron chi connectivity index (χ4n) is 2.11.